The Labute approximate surface area is 119 Å². The summed E-state index contributed by atoms with van der Waals surface area (Å²) in [6, 6.07) is 15.0. The van der Waals surface area contributed by atoms with Gasteiger partial charge in [0.15, 0.2) is 0 Å². The Balaban J connectivity index is 1.91. The molecule has 0 aromatic heterocycles. The minimum Gasteiger partial charge on any atom is -0.497 e. The van der Waals surface area contributed by atoms with E-state index in [1.165, 1.54) is 0 Å². The van der Waals surface area contributed by atoms with Crippen molar-refractivity contribution in [3.05, 3.63) is 54.1 Å². The van der Waals surface area contributed by atoms with Crippen LogP contribution in [0.4, 0.5) is 5.69 Å². The molecule has 0 saturated heterocycles. The molecule has 0 spiro atoms. The standard InChI is InChI=1S/C16H19NO3/c1-19-14-7-3-12(4-8-14)16(18)11-17-13-5-9-15(20-2)10-6-13/h3-10,16-18H,11H2,1-2H3. The Hall–Kier alpha value is -2.20. The van der Waals surface area contributed by atoms with Crippen molar-refractivity contribution < 1.29 is 14.6 Å². The number of anilines is 1. The molecule has 0 amide bonds. The van der Waals surface area contributed by atoms with Crippen LogP contribution in [0.5, 0.6) is 11.5 Å². The summed E-state index contributed by atoms with van der Waals surface area (Å²) in [5, 5.41) is 13.3. The third-order valence-electron chi connectivity index (χ3n) is 3.09. The molecule has 20 heavy (non-hydrogen) atoms. The normalized spacial score (nSPS) is 11.8. The fourth-order valence-corrected chi connectivity index (χ4v) is 1.87. The molecule has 0 heterocycles. The Morgan fingerprint density at radius 1 is 0.900 bits per heavy atom. The second-order valence-electron chi connectivity index (χ2n) is 4.40. The Kier molecular flexibility index (Phi) is 4.85. The molecule has 2 aromatic rings. The number of nitrogens with one attached hydrogen (secondary N) is 1. The van der Waals surface area contributed by atoms with E-state index in [0.29, 0.717) is 6.54 Å². The number of ether oxygens (including phenoxy) is 2. The summed E-state index contributed by atoms with van der Waals surface area (Å²) in [6.45, 7) is 0.443. The summed E-state index contributed by atoms with van der Waals surface area (Å²) in [5.74, 6) is 1.59. The Morgan fingerprint density at radius 3 is 1.90 bits per heavy atom. The lowest BCUT2D eigenvalue weighted by atomic mass is 10.1. The third kappa shape index (κ3) is 3.65. The molecule has 4 heteroatoms. The summed E-state index contributed by atoms with van der Waals surface area (Å²) in [5.41, 5.74) is 1.80. The molecule has 0 saturated carbocycles. The molecule has 1 atom stereocenters. The summed E-state index contributed by atoms with van der Waals surface area (Å²) in [7, 11) is 3.26. The average molecular weight is 273 g/mol. The lowest BCUT2D eigenvalue weighted by Crippen LogP contribution is -2.12. The van der Waals surface area contributed by atoms with Gasteiger partial charge in [-0.25, -0.2) is 0 Å². The lowest BCUT2D eigenvalue weighted by Gasteiger charge is -2.14. The van der Waals surface area contributed by atoms with E-state index in [1.54, 1.807) is 14.2 Å². The predicted octanol–water partition coefficient (Wildman–Crippen LogP) is 2.85. The van der Waals surface area contributed by atoms with Gasteiger partial charge in [-0.3, -0.25) is 0 Å². The van der Waals surface area contributed by atoms with E-state index >= 15 is 0 Å². The van der Waals surface area contributed by atoms with E-state index in [4.69, 9.17) is 9.47 Å². The molecule has 4 nitrogen and oxygen atoms in total. The second-order valence-corrected chi connectivity index (χ2v) is 4.40. The van der Waals surface area contributed by atoms with E-state index in [2.05, 4.69) is 5.32 Å². The number of aliphatic hydroxyl groups excluding tert-OH is 1. The van der Waals surface area contributed by atoms with Gasteiger partial charge in [0.05, 0.1) is 20.3 Å². The highest BCUT2D eigenvalue weighted by Gasteiger charge is 2.07. The van der Waals surface area contributed by atoms with Crippen molar-refractivity contribution in [2.24, 2.45) is 0 Å². The quantitative estimate of drug-likeness (QED) is 0.849. The van der Waals surface area contributed by atoms with Gasteiger partial charge in [-0.15, -0.1) is 0 Å². The maximum absolute atomic E-state index is 10.1. The van der Waals surface area contributed by atoms with Crippen molar-refractivity contribution >= 4 is 5.69 Å². The smallest absolute Gasteiger partial charge is 0.119 e. The van der Waals surface area contributed by atoms with Gasteiger partial charge in [-0.2, -0.15) is 0 Å². The number of rotatable bonds is 6. The topological polar surface area (TPSA) is 50.7 Å². The summed E-state index contributed by atoms with van der Waals surface area (Å²) >= 11 is 0. The van der Waals surface area contributed by atoms with Gasteiger partial charge in [-0.1, -0.05) is 12.1 Å². The van der Waals surface area contributed by atoms with Crippen molar-refractivity contribution in [3.8, 4) is 11.5 Å². The fourth-order valence-electron chi connectivity index (χ4n) is 1.87. The molecule has 0 bridgehead atoms. The van der Waals surface area contributed by atoms with E-state index in [0.717, 1.165) is 22.7 Å². The van der Waals surface area contributed by atoms with Crippen LogP contribution in [0, 0.1) is 0 Å². The first-order chi connectivity index (χ1) is 9.72. The van der Waals surface area contributed by atoms with Crippen LogP contribution in [0.3, 0.4) is 0 Å². The fraction of sp³-hybridized carbons (Fsp3) is 0.250. The van der Waals surface area contributed by atoms with Crippen LogP contribution in [0.2, 0.25) is 0 Å². The predicted molar refractivity (Wildman–Crippen MR) is 79.4 cm³/mol. The third-order valence-corrected chi connectivity index (χ3v) is 3.09. The molecule has 2 N–H and O–H groups in total. The van der Waals surface area contributed by atoms with Gasteiger partial charge >= 0.3 is 0 Å². The van der Waals surface area contributed by atoms with Crippen molar-refractivity contribution in [1.29, 1.82) is 0 Å². The van der Waals surface area contributed by atoms with E-state index in [-0.39, 0.29) is 0 Å². The minimum atomic E-state index is -0.567. The Bertz CT molecular complexity index is 522. The molecule has 1 unspecified atom stereocenters. The first kappa shape index (κ1) is 14.2. The molecule has 0 aliphatic rings. The number of aliphatic hydroxyl groups is 1. The molecule has 0 aliphatic heterocycles. The zero-order valence-electron chi connectivity index (χ0n) is 11.7. The van der Waals surface area contributed by atoms with Crippen LogP contribution >= 0.6 is 0 Å². The Morgan fingerprint density at radius 2 is 1.40 bits per heavy atom. The summed E-state index contributed by atoms with van der Waals surface area (Å²) < 4.78 is 10.2. The van der Waals surface area contributed by atoms with E-state index < -0.39 is 6.10 Å². The van der Waals surface area contributed by atoms with Crippen molar-refractivity contribution in [2.45, 2.75) is 6.10 Å². The maximum atomic E-state index is 10.1. The SMILES string of the molecule is COc1ccc(NCC(O)c2ccc(OC)cc2)cc1. The monoisotopic (exact) mass is 273 g/mol. The molecule has 0 aliphatic carbocycles. The van der Waals surface area contributed by atoms with Gasteiger partial charge in [0, 0.05) is 12.2 Å². The minimum absolute atomic E-state index is 0.443. The van der Waals surface area contributed by atoms with Crippen molar-refractivity contribution in [2.75, 3.05) is 26.1 Å². The van der Waals surface area contributed by atoms with Crippen LogP contribution in [0.25, 0.3) is 0 Å². The second kappa shape index (κ2) is 6.82. The molecule has 2 aromatic carbocycles. The van der Waals surface area contributed by atoms with Gasteiger partial charge in [0.1, 0.15) is 11.5 Å². The molecule has 0 radical (unpaired) electrons. The van der Waals surface area contributed by atoms with Gasteiger partial charge in [-0.05, 0) is 42.0 Å². The number of hydrogen-bond donors (Lipinski definition) is 2. The highest BCUT2D eigenvalue weighted by molar-refractivity contribution is 5.46. The zero-order valence-corrected chi connectivity index (χ0v) is 11.7. The zero-order chi connectivity index (χ0) is 14.4. The summed E-state index contributed by atoms with van der Waals surface area (Å²) in [4.78, 5) is 0. The van der Waals surface area contributed by atoms with E-state index in [9.17, 15) is 5.11 Å². The molecule has 106 valence electrons. The van der Waals surface area contributed by atoms with Crippen molar-refractivity contribution in [3.63, 3.8) is 0 Å². The number of methoxy groups -OCH3 is 2. The highest BCUT2D eigenvalue weighted by Crippen LogP contribution is 2.19. The van der Waals surface area contributed by atoms with Crippen LogP contribution in [-0.2, 0) is 0 Å². The molecular weight excluding hydrogens is 254 g/mol. The van der Waals surface area contributed by atoms with Crippen LogP contribution in [0.1, 0.15) is 11.7 Å². The first-order valence-electron chi connectivity index (χ1n) is 6.43. The van der Waals surface area contributed by atoms with E-state index in [1.807, 2.05) is 48.5 Å². The van der Waals surface area contributed by atoms with Crippen LogP contribution in [-0.4, -0.2) is 25.9 Å². The highest BCUT2D eigenvalue weighted by atomic mass is 16.5. The maximum Gasteiger partial charge on any atom is 0.119 e. The number of benzene rings is 2. The molecule has 2 rings (SSSR count). The lowest BCUT2D eigenvalue weighted by molar-refractivity contribution is 0.191. The molecular formula is C16H19NO3. The van der Waals surface area contributed by atoms with Gasteiger partial charge < -0.3 is 19.9 Å². The number of hydrogen-bond acceptors (Lipinski definition) is 4. The van der Waals surface area contributed by atoms with Crippen molar-refractivity contribution in [1.82, 2.24) is 0 Å². The largest absolute Gasteiger partial charge is 0.497 e. The van der Waals surface area contributed by atoms with Gasteiger partial charge in [0.2, 0.25) is 0 Å². The van der Waals surface area contributed by atoms with Crippen LogP contribution < -0.4 is 14.8 Å². The molecule has 0 fully saturated rings. The van der Waals surface area contributed by atoms with Gasteiger partial charge in [0.25, 0.3) is 0 Å². The first-order valence-corrected chi connectivity index (χ1v) is 6.43. The summed E-state index contributed by atoms with van der Waals surface area (Å²) in [6.07, 6.45) is -0.567. The van der Waals surface area contributed by atoms with Crippen LogP contribution in [0.15, 0.2) is 48.5 Å². The average Bonchev–Trinajstić information content (AvgIpc) is 2.53.